The van der Waals surface area contributed by atoms with Gasteiger partial charge in [0, 0.05) is 24.3 Å². The Morgan fingerprint density at radius 3 is 2.69 bits per heavy atom. The summed E-state index contributed by atoms with van der Waals surface area (Å²) in [6, 6.07) is 12.1. The second-order valence-corrected chi connectivity index (χ2v) is 5.95. The van der Waals surface area contributed by atoms with E-state index in [0.29, 0.717) is 16.9 Å². The number of nitrogens with one attached hydrogen (secondary N) is 1. The molecule has 1 atom stereocenters. The lowest BCUT2D eigenvalue weighted by molar-refractivity contribution is -0.122. The summed E-state index contributed by atoms with van der Waals surface area (Å²) < 4.78 is 18.0. The fourth-order valence-electron chi connectivity index (χ4n) is 2.86. The molecule has 1 N–H and O–H groups in total. The minimum absolute atomic E-state index is 0.0407. The smallest absolute Gasteiger partial charge is 0.337 e. The van der Waals surface area contributed by atoms with Gasteiger partial charge in [-0.3, -0.25) is 9.59 Å². The minimum atomic E-state index is -0.562. The minimum Gasteiger partial charge on any atom is -0.465 e. The molecule has 0 bridgehead atoms. The summed E-state index contributed by atoms with van der Waals surface area (Å²) in [7, 11) is 1.28. The summed E-state index contributed by atoms with van der Waals surface area (Å²) in [5.74, 6) is -2.08. The molecule has 0 radical (unpaired) electrons. The number of amides is 2. The normalized spacial score (nSPS) is 16.5. The fourth-order valence-corrected chi connectivity index (χ4v) is 2.86. The van der Waals surface area contributed by atoms with Crippen LogP contribution in [0, 0.1) is 11.7 Å². The maximum atomic E-state index is 13.4. The van der Waals surface area contributed by atoms with E-state index in [-0.39, 0.29) is 24.8 Å². The number of methoxy groups -OCH3 is 1. The second kappa shape index (κ2) is 7.35. The van der Waals surface area contributed by atoms with Crippen LogP contribution in [-0.2, 0) is 14.3 Å². The van der Waals surface area contributed by atoms with Gasteiger partial charge < -0.3 is 15.0 Å². The summed E-state index contributed by atoms with van der Waals surface area (Å²) in [6.07, 6.45) is 0.0407. The first-order chi connectivity index (χ1) is 12.5. The molecular weight excluding hydrogens is 339 g/mol. The van der Waals surface area contributed by atoms with Crippen LogP contribution < -0.4 is 10.2 Å². The lowest BCUT2D eigenvalue weighted by atomic mass is 10.1. The third kappa shape index (κ3) is 3.72. The van der Waals surface area contributed by atoms with Crippen LogP contribution >= 0.6 is 0 Å². The van der Waals surface area contributed by atoms with Crippen molar-refractivity contribution < 1.29 is 23.5 Å². The Balaban J connectivity index is 1.70. The van der Waals surface area contributed by atoms with Gasteiger partial charge in [-0.05, 0) is 36.4 Å². The van der Waals surface area contributed by atoms with Gasteiger partial charge in [-0.1, -0.05) is 12.1 Å². The van der Waals surface area contributed by atoms with E-state index in [0.717, 1.165) is 0 Å². The molecule has 0 aliphatic carbocycles. The molecule has 2 aromatic carbocycles. The Bertz CT molecular complexity index is 868. The van der Waals surface area contributed by atoms with Crippen molar-refractivity contribution in [1.82, 2.24) is 0 Å². The van der Waals surface area contributed by atoms with Crippen molar-refractivity contribution in [2.24, 2.45) is 5.92 Å². The second-order valence-electron chi connectivity index (χ2n) is 5.95. The Morgan fingerprint density at radius 2 is 1.96 bits per heavy atom. The van der Waals surface area contributed by atoms with Gasteiger partial charge in [0.1, 0.15) is 5.82 Å². The highest BCUT2D eigenvalue weighted by Crippen LogP contribution is 2.26. The van der Waals surface area contributed by atoms with Crippen molar-refractivity contribution in [3.8, 4) is 0 Å². The average Bonchev–Trinajstić information content (AvgIpc) is 3.03. The lowest BCUT2D eigenvalue weighted by Gasteiger charge is -2.16. The molecule has 1 unspecified atom stereocenters. The van der Waals surface area contributed by atoms with Gasteiger partial charge >= 0.3 is 5.97 Å². The SMILES string of the molecule is COC(=O)c1cccc(NC(=O)C2CC(=O)N(c3cccc(F)c3)C2)c1. The molecular formula is C19H17FN2O4. The predicted molar refractivity (Wildman–Crippen MR) is 93.3 cm³/mol. The van der Waals surface area contributed by atoms with E-state index in [4.69, 9.17) is 0 Å². The van der Waals surface area contributed by atoms with Gasteiger partial charge in [-0.15, -0.1) is 0 Å². The maximum Gasteiger partial charge on any atom is 0.337 e. The van der Waals surface area contributed by atoms with Gasteiger partial charge in [0.15, 0.2) is 0 Å². The van der Waals surface area contributed by atoms with Gasteiger partial charge in [-0.2, -0.15) is 0 Å². The highest BCUT2D eigenvalue weighted by molar-refractivity contribution is 6.03. The third-order valence-corrected chi connectivity index (χ3v) is 4.17. The number of benzene rings is 2. The number of rotatable bonds is 4. The number of carbonyl (C=O) groups is 3. The van der Waals surface area contributed by atoms with Crippen molar-refractivity contribution in [2.75, 3.05) is 23.9 Å². The highest BCUT2D eigenvalue weighted by atomic mass is 19.1. The molecule has 1 aliphatic heterocycles. The first kappa shape index (κ1) is 17.6. The highest BCUT2D eigenvalue weighted by Gasteiger charge is 2.35. The Labute approximate surface area is 149 Å². The van der Waals surface area contributed by atoms with Crippen LogP contribution in [0.15, 0.2) is 48.5 Å². The fraction of sp³-hybridized carbons (Fsp3) is 0.211. The molecule has 26 heavy (non-hydrogen) atoms. The average molecular weight is 356 g/mol. The number of ether oxygens (including phenoxy) is 1. The molecule has 0 saturated carbocycles. The van der Waals surface area contributed by atoms with E-state index < -0.39 is 17.7 Å². The molecule has 1 fully saturated rings. The molecule has 1 saturated heterocycles. The molecule has 0 spiro atoms. The van der Waals surface area contributed by atoms with Gasteiger partial charge in [0.05, 0.1) is 18.6 Å². The largest absolute Gasteiger partial charge is 0.465 e. The number of hydrogen-bond donors (Lipinski definition) is 1. The van der Waals surface area contributed by atoms with Crippen LogP contribution in [0.4, 0.5) is 15.8 Å². The van der Waals surface area contributed by atoms with Crippen LogP contribution in [0.3, 0.4) is 0 Å². The Kier molecular flexibility index (Phi) is 4.97. The zero-order chi connectivity index (χ0) is 18.7. The Hall–Kier alpha value is -3.22. The zero-order valence-electron chi connectivity index (χ0n) is 14.1. The van der Waals surface area contributed by atoms with Gasteiger partial charge in [0.2, 0.25) is 11.8 Å². The Morgan fingerprint density at radius 1 is 1.19 bits per heavy atom. The molecule has 2 amide bonds. The topological polar surface area (TPSA) is 75.7 Å². The molecule has 1 heterocycles. The summed E-state index contributed by atoms with van der Waals surface area (Å²) in [6.45, 7) is 0.171. The van der Waals surface area contributed by atoms with Crippen molar-refractivity contribution >= 4 is 29.2 Å². The molecule has 6 nitrogen and oxygen atoms in total. The summed E-state index contributed by atoms with van der Waals surface area (Å²) in [4.78, 5) is 37.6. The quantitative estimate of drug-likeness (QED) is 0.855. The number of halogens is 1. The third-order valence-electron chi connectivity index (χ3n) is 4.17. The number of hydrogen-bond acceptors (Lipinski definition) is 4. The first-order valence-corrected chi connectivity index (χ1v) is 8.03. The molecule has 2 aromatic rings. The first-order valence-electron chi connectivity index (χ1n) is 8.03. The van der Waals surface area contributed by atoms with Crippen molar-refractivity contribution in [3.05, 3.63) is 59.9 Å². The molecule has 0 aromatic heterocycles. The van der Waals surface area contributed by atoms with Gasteiger partial charge in [-0.25, -0.2) is 9.18 Å². The zero-order valence-corrected chi connectivity index (χ0v) is 14.1. The van der Waals surface area contributed by atoms with Crippen LogP contribution in [0.5, 0.6) is 0 Å². The number of carbonyl (C=O) groups excluding carboxylic acids is 3. The van der Waals surface area contributed by atoms with Crippen LogP contribution in [0.2, 0.25) is 0 Å². The molecule has 7 heteroatoms. The number of anilines is 2. The van der Waals surface area contributed by atoms with E-state index >= 15 is 0 Å². The standard InChI is InChI=1S/C19H17FN2O4/c1-26-19(25)12-4-2-6-15(8-12)21-18(24)13-9-17(23)22(11-13)16-7-3-5-14(20)10-16/h2-8,10,13H,9,11H2,1H3,(H,21,24). The number of esters is 1. The molecule has 134 valence electrons. The van der Waals surface area contributed by atoms with E-state index in [9.17, 15) is 18.8 Å². The summed E-state index contributed by atoms with van der Waals surface area (Å²) in [5, 5.41) is 2.71. The van der Waals surface area contributed by atoms with E-state index in [1.807, 2.05) is 0 Å². The van der Waals surface area contributed by atoms with Crippen molar-refractivity contribution in [2.45, 2.75) is 6.42 Å². The van der Waals surface area contributed by atoms with Crippen LogP contribution in [0.25, 0.3) is 0 Å². The van der Waals surface area contributed by atoms with Crippen molar-refractivity contribution in [3.63, 3.8) is 0 Å². The maximum absolute atomic E-state index is 13.4. The summed E-state index contributed by atoms with van der Waals surface area (Å²) >= 11 is 0. The van der Waals surface area contributed by atoms with Crippen molar-refractivity contribution in [1.29, 1.82) is 0 Å². The van der Waals surface area contributed by atoms with Crippen LogP contribution in [0.1, 0.15) is 16.8 Å². The molecule has 3 rings (SSSR count). The monoisotopic (exact) mass is 356 g/mol. The van der Waals surface area contributed by atoms with E-state index in [1.54, 1.807) is 24.3 Å². The molecule has 1 aliphatic rings. The van der Waals surface area contributed by atoms with E-state index in [1.165, 1.54) is 36.3 Å². The van der Waals surface area contributed by atoms with Gasteiger partial charge in [0.25, 0.3) is 0 Å². The lowest BCUT2D eigenvalue weighted by Crippen LogP contribution is -2.28. The van der Waals surface area contributed by atoms with E-state index in [2.05, 4.69) is 10.1 Å². The summed E-state index contributed by atoms with van der Waals surface area (Å²) in [5.41, 5.74) is 1.18. The number of nitrogens with zero attached hydrogens (tertiary/aromatic N) is 1. The predicted octanol–water partition coefficient (Wildman–Crippen LogP) is 2.60. The van der Waals surface area contributed by atoms with Crippen LogP contribution in [-0.4, -0.2) is 31.4 Å².